The van der Waals surface area contributed by atoms with Crippen molar-refractivity contribution in [2.75, 3.05) is 0 Å². The SMILES string of the molecule is CC(C)(O)C(C)(C)OBc1cncc2oc3ccc(-n4c5ccccc5c5cc(-c6ccc7c(c6)c6ccccc6n7-c6ccccc6)ccc54)cc3c12. The third kappa shape index (κ3) is 5.00. The van der Waals surface area contributed by atoms with Crippen molar-refractivity contribution < 1.29 is 14.2 Å². The van der Waals surface area contributed by atoms with E-state index in [0.717, 1.165) is 44.2 Å². The molecule has 1 N–H and O–H groups in total. The Morgan fingerprint density at radius 1 is 0.556 bits per heavy atom. The predicted octanol–water partition coefficient (Wildman–Crippen LogP) is 10.4. The van der Waals surface area contributed by atoms with Gasteiger partial charge in [-0.2, -0.15) is 0 Å². The maximum Gasteiger partial charge on any atom is 0.311 e. The van der Waals surface area contributed by atoms with Crippen LogP contribution in [0.15, 0.2) is 150 Å². The monoisotopic (exact) mass is 703 g/mol. The Kier molecular flexibility index (Phi) is 7.18. The highest BCUT2D eigenvalue weighted by molar-refractivity contribution is 6.52. The molecule has 0 saturated carbocycles. The number of fused-ring (bicyclic) bond motifs is 9. The molecule has 0 atom stereocenters. The molecule has 10 rings (SSSR count). The van der Waals surface area contributed by atoms with Crippen LogP contribution in [-0.2, 0) is 4.65 Å². The third-order valence-electron chi connectivity index (χ3n) is 11.5. The lowest BCUT2D eigenvalue weighted by atomic mass is 9.81. The minimum Gasteiger partial charge on any atom is -0.454 e. The second-order valence-corrected chi connectivity index (χ2v) is 15.3. The summed E-state index contributed by atoms with van der Waals surface area (Å²) >= 11 is 0. The normalized spacial score (nSPS) is 12.6. The van der Waals surface area contributed by atoms with Crippen molar-refractivity contribution in [3.63, 3.8) is 0 Å². The van der Waals surface area contributed by atoms with Gasteiger partial charge in [0.25, 0.3) is 0 Å². The molecule has 4 heterocycles. The van der Waals surface area contributed by atoms with Crippen LogP contribution < -0.4 is 5.46 Å². The lowest BCUT2D eigenvalue weighted by Gasteiger charge is -2.37. The van der Waals surface area contributed by atoms with Gasteiger partial charge < -0.3 is 23.3 Å². The number of nitrogens with zero attached hydrogens (tertiary/aromatic N) is 3. The molecular formula is C47H38BN3O3. The van der Waals surface area contributed by atoms with E-state index in [1.807, 2.05) is 26.1 Å². The van der Waals surface area contributed by atoms with E-state index in [0.29, 0.717) is 5.58 Å². The van der Waals surface area contributed by atoms with Crippen LogP contribution in [-0.4, -0.2) is 37.9 Å². The fourth-order valence-electron chi connectivity index (χ4n) is 7.91. The Bertz CT molecular complexity index is 3070. The van der Waals surface area contributed by atoms with Gasteiger partial charge in [-0.3, -0.25) is 4.98 Å². The number of hydrogen-bond acceptors (Lipinski definition) is 4. The molecule has 0 bridgehead atoms. The quantitative estimate of drug-likeness (QED) is 0.168. The van der Waals surface area contributed by atoms with E-state index in [2.05, 4.69) is 142 Å². The number of aliphatic hydroxyl groups is 1. The summed E-state index contributed by atoms with van der Waals surface area (Å²) in [5.74, 6) is 0. The molecule has 0 aliphatic rings. The number of hydrogen-bond donors (Lipinski definition) is 1. The summed E-state index contributed by atoms with van der Waals surface area (Å²) in [6.45, 7) is 7.35. The Labute approximate surface area is 313 Å². The van der Waals surface area contributed by atoms with Crippen LogP contribution in [0.2, 0.25) is 0 Å². The van der Waals surface area contributed by atoms with E-state index < -0.39 is 11.2 Å². The van der Waals surface area contributed by atoms with Crippen LogP contribution in [0.4, 0.5) is 0 Å². The van der Waals surface area contributed by atoms with Crippen molar-refractivity contribution in [3.05, 3.63) is 146 Å². The van der Waals surface area contributed by atoms with Gasteiger partial charge in [0.05, 0.1) is 39.5 Å². The average molecular weight is 704 g/mol. The second kappa shape index (κ2) is 11.9. The zero-order valence-electron chi connectivity index (χ0n) is 30.7. The van der Waals surface area contributed by atoms with Crippen molar-refractivity contribution in [2.24, 2.45) is 0 Å². The predicted molar refractivity (Wildman–Crippen MR) is 224 cm³/mol. The molecule has 0 spiro atoms. The first kappa shape index (κ1) is 32.5. The molecule has 0 saturated heterocycles. The minimum absolute atomic E-state index is 0.289. The molecule has 54 heavy (non-hydrogen) atoms. The molecule has 0 fully saturated rings. The molecule has 0 aliphatic carbocycles. The van der Waals surface area contributed by atoms with Gasteiger partial charge in [0, 0.05) is 49.9 Å². The summed E-state index contributed by atoms with van der Waals surface area (Å²) in [4.78, 5) is 4.46. The summed E-state index contributed by atoms with van der Waals surface area (Å²) in [5, 5.41) is 17.6. The Balaban J connectivity index is 1.11. The molecule has 0 aliphatic heterocycles. The van der Waals surface area contributed by atoms with Crippen molar-refractivity contribution in [1.82, 2.24) is 14.1 Å². The van der Waals surface area contributed by atoms with Gasteiger partial charge in [-0.25, -0.2) is 0 Å². The average Bonchev–Trinajstić information content (AvgIpc) is 3.84. The standard InChI is InChI=1S/C47H38BN3O3/c1-46(2,52)47(3,4)54-48-38-27-49-28-44-45(38)37-26-32(20-23-43(37)53-44)51-40-17-11-9-15-34(40)36-25-30(19-22-42(36)51)29-18-21-41-35(24-29)33-14-8-10-16-39(33)50(41)31-12-6-5-7-13-31/h5-28,48,52H,1-4H3. The third-order valence-corrected chi connectivity index (χ3v) is 11.5. The number of furan rings is 1. The van der Waals surface area contributed by atoms with E-state index >= 15 is 0 Å². The van der Waals surface area contributed by atoms with Crippen LogP contribution >= 0.6 is 0 Å². The van der Waals surface area contributed by atoms with Crippen molar-refractivity contribution in [1.29, 1.82) is 0 Å². The fraction of sp³-hybridized carbons (Fsp3) is 0.128. The van der Waals surface area contributed by atoms with Crippen LogP contribution in [0.3, 0.4) is 0 Å². The van der Waals surface area contributed by atoms with Gasteiger partial charge in [-0.05, 0) is 111 Å². The highest BCUT2D eigenvalue weighted by atomic mass is 16.5. The molecule has 6 aromatic carbocycles. The van der Waals surface area contributed by atoms with Gasteiger partial charge in [0.1, 0.15) is 5.58 Å². The van der Waals surface area contributed by atoms with E-state index in [1.165, 1.54) is 43.7 Å². The van der Waals surface area contributed by atoms with Crippen LogP contribution in [0, 0.1) is 0 Å². The van der Waals surface area contributed by atoms with E-state index in [4.69, 9.17) is 9.07 Å². The van der Waals surface area contributed by atoms with Crippen molar-refractivity contribution in [2.45, 2.75) is 38.9 Å². The van der Waals surface area contributed by atoms with Crippen LogP contribution in [0.1, 0.15) is 27.7 Å². The largest absolute Gasteiger partial charge is 0.454 e. The zero-order chi connectivity index (χ0) is 36.8. The molecule has 4 aromatic heterocycles. The van der Waals surface area contributed by atoms with Gasteiger partial charge in [0.2, 0.25) is 0 Å². The molecule has 262 valence electrons. The van der Waals surface area contributed by atoms with Gasteiger partial charge in [-0.15, -0.1) is 0 Å². The molecule has 0 amide bonds. The lowest BCUT2D eigenvalue weighted by molar-refractivity contribution is -0.0893. The molecule has 6 nitrogen and oxygen atoms in total. The van der Waals surface area contributed by atoms with Gasteiger partial charge in [-0.1, -0.05) is 66.7 Å². The maximum absolute atomic E-state index is 10.7. The van der Waals surface area contributed by atoms with E-state index in [-0.39, 0.29) is 7.48 Å². The highest BCUT2D eigenvalue weighted by Crippen LogP contribution is 2.39. The summed E-state index contributed by atoms with van der Waals surface area (Å²) in [5.41, 5.74) is 9.83. The number of rotatable bonds is 7. The molecular weight excluding hydrogens is 665 g/mol. The van der Waals surface area contributed by atoms with E-state index in [1.54, 1.807) is 20.0 Å². The summed E-state index contributed by atoms with van der Waals surface area (Å²) in [6, 6.07) is 47.9. The van der Waals surface area contributed by atoms with Crippen molar-refractivity contribution in [3.8, 4) is 22.5 Å². The second-order valence-electron chi connectivity index (χ2n) is 15.3. The molecule has 10 aromatic rings. The highest BCUT2D eigenvalue weighted by Gasteiger charge is 2.36. The molecule has 0 radical (unpaired) electrons. The smallest absolute Gasteiger partial charge is 0.311 e. The van der Waals surface area contributed by atoms with E-state index in [9.17, 15) is 5.11 Å². The first-order chi connectivity index (χ1) is 26.2. The lowest BCUT2D eigenvalue weighted by Crippen LogP contribution is -2.49. The molecule has 0 unspecified atom stereocenters. The first-order valence-electron chi connectivity index (χ1n) is 18.4. The first-order valence-corrected chi connectivity index (χ1v) is 18.4. The summed E-state index contributed by atoms with van der Waals surface area (Å²) in [6.07, 6.45) is 3.60. The number of benzene rings is 6. The minimum atomic E-state index is -1.02. The topological polar surface area (TPSA) is 65.3 Å². The number of aromatic nitrogens is 3. The maximum atomic E-state index is 10.7. The van der Waals surface area contributed by atoms with Gasteiger partial charge in [0.15, 0.2) is 5.58 Å². The molecule has 7 heteroatoms. The number of para-hydroxylation sites is 3. The Morgan fingerprint density at radius 2 is 1.13 bits per heavy atom. The zero-order valence-corrected chi connectivity index (χ0v) is 30.7. The fourth-order valence-corrected chi connectivity index (χ4v) is 7.91. The Morgan fingerprint density at radius 3 is 1.76 bits per heavy atom. The number of pyridine rings is 1. The summed E-state index contributed by atoms with van der Waals surface area (Å²) < 4.78 is 17.3. The van der Waals surface area contributed by atoms with Crippen LogP contribution in [0.5, 0.6) is 0 Å². The van der Waals surface area contributed by atoms with Crippen molar-refractivity contribution >= 4 is 78.5 Å². The summed E-state index contributed by atoms with van der Waals surface area (Å²) in [7, 11) is 0.289. The van der Waals surface area contributed by atoms with Crippen LogP contribution in [0.25, 0.3) is 88.1 Å². The van der Waals surface area contributed by atoms with Gasteiger partial charge >= 0.3 is 7.48 Å². The Hall–Kier alpha value is -6.15.